The number of nitro groups is 1. The van der Waals surface area contributed by atoms with Gasteiger partial charge in [-0.15, -0.1) is 0 Å². The Bertz CT molecular complexity index is 1280. The Morgan fingerprint density at radius 1 is 1.10 bits per heavy atom. The fourth-order valence-corrected chi connectivity index (χ4v) is 3.90. The average Bonchev–Trinajstić information content (AvgIpc) is 2.74. The number of hydrazone groups is 1. The second kappa shape index (κ2) is 8.92. The highest BCUT2D eigenvalue weighted by molar-refractivity contribution is 7.92. The van der Waals surface area contributed by atoms with Crippen LogP contribution in [0.2, 0.25) is 0 Å². The number of non-ortho nitro benzene ring substituents is 1. The summed E-state index contributed by atoms with van der Waals surface area (Å²) in [7, 11) is -3.76. The van der Waals surface area contributed by atoms with Gasteiger partial charge in [0.25, 0.3) is 11.6 Å². The largest absolute Gasteiger partial charge is 0.271 e. The Morgan fingerprint density at radius 2 is 1.77 bits per heavy atom. The van der Waals surface area contributed by atoms with Crippen molar-refractivity contribution >= 4 is 43.8 Å². The third kappa shape index (κ3) is 5.23. The lowest BCUT2D eigenvalue weighted by molar-refractivity contribution is -0.384. The molecule has 3 rings (SSSR count). The first-order chi connectivity index (χ1) is 14.7. The maximum Gasteiger partial charge on any atom is 0.270 e. The zero-order valence-electron chi connectivity index (χ0n) is 16.8. The van der Waals surface area contributed by atoms with E-state index in [-0.39, 0.29) is 5.69 Å². The molecule has 0 fully saturated rings. The van der Waals surface area contributed by atoms with Crippen molar-refractivity contribution < 1.29 is 18.1 Å². The number of rotatable bonds is 7. The van der Waals surface area contributed by atoms with E-state index in [1.165, 1.54) is 18.2 Å². The molecule has 0 spiro atoms. The highest BCUT2D eigenvalue weighted by Crippen LogP contribution is 2.28. The van der Waals surface area contributed by atoms with Crippen LogP contribution in [0, 0.1) is 10.1 Å². The van der Waals surface area contributed by atoms with E-state index in [4.69, 9.17) is 0 Å². The van der Waals surface area contributed by atoms with E-state index in [0.29, 0.717) is 22.3 Å². The van der Waals surface area contributed by atoms with Crippen molar-refractivity contribution in [1.29, 1.82) is 0 Å². The van der Waals surface area contributed by atoms with E-state index in [2.05, 4.69) is 10.5 Å². The molecule has 0 radical (unpaired) electrons. The third-order valence-electron chi connectivity index (χ3n) is 4.55. The van der Waals surface area contributed by atoms with Crippen LogP contribution < -0.4 is 9.73 Å². The maximum atomic E-state index is 12.5. The Labute approximate surface area is 179 Å². The van der Waals surface area contributed by atoms with Crippen LogP contribution in [-0.4, -0.2) is 37.8 Å². The molecule has 0 unspecified atom stereocenters. The van der Waals surface area contributed by atoms with Crippen LogP contribution in [0.4, 0.5) is 11.4 Å². The number of anilines is 1. The second-order valence-corrected chi connectivity index (χ2v) is 8.71. The topological polar surface area (TPSA) is 122 Å². The molecule has 0 aliphatic heterocycles. The van der Waals surface area contributed by atoms with Crippen LogP contribution in [0.5, 0.6) is 0 Å². The molecular formula is C21H20N4O5S. The lowest BCUT2D eigenvalue weighted by atomic mass is 10.1. The van der Waals surface area contributed by atoms with Crippen molar-refractivity contribution in [3.8, 4) is 0 Å². The minimum Gasteiger partial charge on any atom is -0.271 e. The zero-order valence-corrected chi connectivity index (χ0v) is 17.7. The zero-order chi connectivity index (χ0) is 22.6. The molecule has 10 heteroatoms. The van der Waals surface area contributed by atoms with Crippen molar-refractivity contribution in [3.05, 3.63) is 82.4 Å². The summed E-state index contributed by atoms with van der Waals surface area (Å²) in [6.07, 6.45) is 1.03. The predicted molar refractivity (Wildman–Crippen MR) is 120 cm³/mol. The number of fused-ring (bicyclic) bond motifs is 1. The van der Waals surface area contributed by atoms with Crippen molar-refractivity contribution in [2.24, 2.45) is 5.10 Å². The SMILES string of the molecule is CC(=NNC(=O)CN(c1cccc2ccccc12)S(C)(=O)=O)c1cccc([N+](=O)[O-])c1. The van der Waals surface area contributed by atoms with E-state index < -0.39 is 27.4 Å². The van der Waals surface area contributed by atoms with Gasteiger partial charge in [0.2, 0.25) is 10.0 Å². The van der Waals surface area contributed by atoms with E-state index >= 15 is 0 Å². The van der Waals surface area contributed by atoms with Gasteiger partial charge >= 0.3 is 0 Å². The molecule has 3 aromatic rings. The average molecular weight is 440 g/mol. The van der Waals surface area contributed by atoms with Gasteiger partial charge < -0.3 is 0 Å². The van der Waals surface area contributed by atoms with Crippen molar-refractivity contribution in [1.82, 2.24) is 5.43 Å². The van der Waals surface area contributed by atoms with Gasteiger partial charge in [-0.25, -0.2) is 13.8 Å². The number of nitro benzene ring substituents is 1. The molecule has 0 saturated heterocycles. The quantitative estimate of drug-likeness (QED) is 0.344. The van der Waals surface area contributed by atoms with Gasteiger partial charge in [-0.1, -0.05) is 48.5 Å². The highest BCUT2D eigenvalue weighted by atomic mass is 32.2. The summed E-state index contributed by atoms with van der Waals surface area (Å²) in [6, 6.07) is 18.3. The first-order valence-electron chi connectivity index (χ1n) is 9.20. The number of sulfonamides is 1. The van der Waals surface area contributed by atoms with Crippen LogP contribution in [0.25, 0.3) is 10.8 Å². The van der Waals surface area contributed by atoms with Crippen LogP contribution in [0.3, 0.4) is 0 Å². The monoisotopic (exact) mass is 440 g/mol. The molecule has 160 valence electrons. The van der Waals surface area contributed by atoms with Gasteiger partial charge in [-0.2, -0.15) is 5.10 Å². The number of carbonyl (C=O) groups excluding carboxylic acids is 1. The summed E-state index contributed by atoms with van der Waals surface area (Å²) in [5.41, 5.74) is 3.41. The molecule has 3 aromatic carbocycles. The number of amides is 1. The van der Waals surface area contributed by atoms with Crippen molar-refractivity contribution in [3.63, 3.8) is 0 Å². The van der Waals surface area contributed by atoms with Gasteiger partial charge in [-0.05, 0) is 18.4 Å². The highest BCUT2D eigenvalue weighted by Gasteiger charge is 2.22. The van der Waals surface area contributed by atoms with Gasteiger partial charge in [0, 0.05) is 23.1 Å². The first kappa shape index (κ1) is 21.9. The molecule has 1 N–H and O–H groups in total. The van der Waals surface area contributed by atoms with Gasteiger partial charge in [-0.3, -0.25) is 19.2 Å². The van der Waals surface area contributed by atoms with Gasteiger partial charge in [0.15, 0.2) is 0 Å². The smallest absolute Gasteiger partial charge is 0.270 e. The summed E-state index contributed by atoms with van der Waals surface area (Å²) < 4.78 is 25.9. The van der Waals surface area contributed by atoms with E-state index in [0.717, 1.165) is 15.9 Å². The molecule has 0 aliphatic carbocycles. The molecule has 0 heterocycles. The Hall–Kier alpha value is -3.79. The predicted octanol–water partition coefficient (Wildman–Crippen LogP) is 3.05. The molecule has 9 nitrogen and oxygen atoms in total. The minimum absolute atomic E-state index is 0.0995. The van der Waals surface area contributed by atoms with Gasteiger partial charge in [0.05, 0.1) is 22.6 Å². The first-order valence-corrected chi connectivity index (χ1v) is 11.0. The number of nitrogens with zero attached hydrogens (tertiary/aromatic N) is 3. The Balaban J connectivity index is 1.83. The summed E-state index contributed by atoms with van der Waals surface area (Å²) in [5, 5.41) is 16.4. The lowest BCUT2D eigenvalue weighted by Crippen LogP contribution is -2.39. The van der Waals surface area contributed by atoms with Crippen LogP contribution in [0.1, 0.15) is 12.5 Å². The molecule has 0 saturated carbocycles. The Kier molecular flexibility index (Phi) is 6.30. The molecule has 0 aromatic heterocycles. The molecular weight excluding hydrogens is 420 g/mol. The van der Waals surface area contributed by atoms with Gasteiger partial charge in [0.1, 0.15) is 6.54 Å². The fraction of sp³-hybridized carbons (Fsp3) is 0.143. The van der Waals surface area contributed by atoms with E-state index in [1.54, 1.807) is 37.3 Å². The Morgan fingerprint density at radius 3 is 2.48 bits per heavy atom. The minimum atomic E-state index is -3.76. The lowest BCUT2D eigenvalue weighted by Gasteiger charge is -2.23. The second-order valence-electron chi connectivity index (χ2n) is 6.81. The molecule has 0 bridgehead atoms. The van der Waals surface area contributed by atoms with Crippen molar-refractivity contribution in [2.75, 3.05) is 17.1 Å². The fourth-order valence-electron chi connectivity index (χ4n) is 3.03. The van der Waals surface area contributed by atoms with E-state index in [9.17, 15) is 23.3 Å². The number of carbonyl (C=O) groups is 1. The van der Waals surface area contributed by atoms with E-state index in [1.807, 2.05) is 18.2 Å². The summed E-state index contributed by atoms with van der Waals surface area (Å²) >= 11 is 0. The summed E-state index contributed by atoms with van der Waals surface area (Å²) in [5.74, 6) is -0.650. The number of nitrogens with one attached hydrogen (secondary N) is 1. The summed E-state index contributed by atoms with van der Waals surface area (Å²) in [6.45, 7) is 1.11. The van der Waals surface area contributed by atoms with Crippen LogP contribution >= 0.6 is 0 Å². The molecule has 31 heavy (non-hydrogen) atoms. The normalized spacial score (nSPS) is 11.9. The third-order valence-corrected chi connectivity index (χ3v) is 5.67. The summed E-state index contributed by atoms with van der Waals surface area (Å²) in [4.78, 5) is 22.9. The maximum absolute atomic E-state index is 12.5. The number of hydrogen-bond donors (Lipinski definition) is 1. The molecule has 0 atom stereocenters. The number of hydrogen-bond acceptors (Lipinski definition) is 6. The van der Waals surface area contributed by atoms with Crippen LogP contribution in [0.15, 0.2) is 71.8 Å². The molecule has 1 amide bonds. The standard InChI is InChI=1S/C21H20N4O5S/c1-15(17-9-5-10-18(13-17)25(27)28)22-23-21(26)14-24(31(2,29)30)20-12-6-8-16-7-3-4-11-19(16)20/h3-13H,14H2,1-2H3,(H,23,26). The number of benzene rings is 3. The molecule has 0 aliphatic rings. The van der Waals surface area contributed by atoms with Crippen molar-refractivity contribution in [2.45, 2.75) is 6.92 Å². The van der Waals surface area contributed by atoms with Crippen LogP contribution in [-0.2, 0) is 14.8 Å².